The topological polar surface area (TPSA) is 71.9 Å². The number of pyridine rings is 1. The summed E-state index contributed by atoms with van der Waals surface area (Å²) < 4.78 is 4.03. The molecule has 4 heterocycles. The van der Waals surface area contributed by atoms with E-state index in [-0.39, 0.29) is 5.91 Å². The second kappa shape index (κ2) is 7.29. The molecule has 1 aliphatic rings. The van der Waals surface area contributed by atoms with Crippen LogP contribution >= 0.6 is 11.5 Å². The molecule has 0 bridgehead atoms. The van der Waals surface area contributed by atoms with E-state index in [1.807, 2.05) is 35.5 Å². The van der Waals surface area contributed by atoms with Gasteiger partial charge in [-0.05, 0) is 49.0 Å². The third kappa shape index (κ3) is 3.35. The quantitative estimate of drug-likeness (QED) is 0.712. The van der Waals surface area contributed by atoms with Crippen LogP contribution in [0.25, 0.3) is 11.1 Å². The number of carbonyl (C=O) groups excluding carboxylic acids is 1. The largest absolute Gasteiger partial charge is 0.339 e. The fourth-order valence-electron chi connectivity index (χ4n) is 3.40. The van der Waals surface area contributed by atoms with E-state index in [4.69, 9.17) is 4.98 Å². The minimum atomic E-state index is 0.0745. The van der Waals surface area contributed by atoms with Crippen LogP contribution in [-0.2, 0) is 0 Å². The molecule has 1 fully saturated rings. The predicted octanol–water partition coefficient (Wildman–Crippen LogP) is 3.32. The van der Waals surface area contributed by atoms with E-state index in [2.05, 4.69) is 14.3 Å². The summed E-state index contributed by atoms with van der Waals surface area (Å²) in [5.41, 5.74) is 3.90. The van der Waals surface area contributed by atoms with Gasteiger partial charge in [-0.15, -0.1) is 0 Å². The molecular weight excluding hydrogens is 346 g/mol. The molecule has 1 aliphatic heterocycles. The summed E-state index contributed by atoms with van der Waals surface area (Å²) in [6.45, 7) is 3.39. The first-order chi connectivity index (χ1) is 12.7. The molecule has 132 valence electrons. The molecule has 0 atom stereocenters. The molecule has 7 heteroatoms. The highest BCUT2D eigenvalue weighted by molar-refractivity contribution is 7.03. The number of likely N-dealkylation sites (tertiary alicyclic amines) is 1. The van der Waals surface area contributed by atoms with Gasteiger partial charge in [0.2, 0.25) is 0 Å². The number of nitrogens with zero attached hydrogens (tertiary/aromatic N) is 5. The Labute approximate surface area is 156 Å². The van der Waals surface area contributed by atoms with E-state index in [1.54, 1.807) is 18.6 Å². The molecule has 26 heavy (non-hydrogen) atoms. The molecule has 0 aromatic carbocycles. The van der Waals surface area contributed by atoms with Crippen molar-refractivity contribution in [1.29, 1.82) is 0 Å². The summed E-state index contributed by atoms with van der Waals surface area (Å²) in [7, 11) is 0. The highest BCUT2D eigenvalue weighted by Crippen LogP contribution is 2.34. The van der Waals surface area contributed by atoms with Crippen LogP contribution in [0, 0.1) is 6.92 Å². The van der Waals surface area contributed by atoms with Crippen molar-refractivity contribution < 1.29 is 4.79 Å². The molecule has 4 rings (SSSR count). The van der Waals surface area contributed by atoms with Crippen molar-refractivity contribution in [3.8, 4) is 11.1 Å². The smallest absolute Gasteiger partial charge is 0.256 e. The molecule has 3 aromatic rings. The second-order valence-corrected chi connectivity index (χ2v) is 7.09. The summed E-state index contributed by atoms with van der Waals surface area (Å²) in [6, 6.07) is 3.97. The third-order valence-electron chi connectivity index (χ3n) is 4.78. The van der Waals surface area contributed by atoms with Crippen LogP contribution in [0.4, 0.5) is 0 Å². The number of rotatable bonds is 3. The number of amides is 1. The summed E-state index contributed by atoms with van der Waals surface area (Å²) in [5, 5.41) is 1.81. The zero-order chi connectivity index (χ0) is 17.9. The van der Waals surface area contributed by atoms with Crippen LogP contribution in [0.1, 0.15) is 40.6 Å². The van der Waals surface area contributed by atoms with Gasteiger partial charge in [0, 0.05) is 48.5 Å². The van der Waals surface area contributed by atoms with Gasteiger partial charge in [0.05, 0.1) is 17.5 Å². The lowest BCUT2D eigenvalue weighted by molar-refractivity contribution is 0.0712. The van der Waals surface area contributed by atoms with Gasteiger partial charge in [0.1, 0.15) is 5.82 Å². The Morgan fingerprint density at radius 2 is 1.96 bits per heavy atom. The third-order valence-corrected chi connectivity index (χ3v) is 5.36. The van der Waals surface area contributed by atoms with E-state index >= 15 is 0 Å². The Hall–Kier alpha value is -2.67. The van der Waals surface area contributed by atoms with Crippen molar-refractivity contribution in [2.45, 2.75) is 25.7 Å². The van der Waals surface area contributed by atoms with E-state index in [1.165, 1.54) is 11.5 Å². The molecule has 3 aromatic heterocycles. The Bertz CT molecular complexity index is 890. The van der Waals surface area contributed by atoms with Gasteiger partial charge < -0.3 is 4.90 Å². The molecule has 6 nitrogen and oxygen atoms in total. The maximum Gasteiger partial charge on any atom is 0.256 e. The minimum Gasteiger partial charge on any atom is -0.339 e. The summed E-state index contributed by atoms with van der Waals surface area (Å²) >= 11 is 1.31. The molecule has 1 saturated heterocycles. The lowest BCUT2D eigenvalue weighted by Gasteiger charge is -2.32. The number of piperidine rings is 1. The second-order valence-electron chi connectivity index (χ2n) is 6.43. The average molecular weight is 365 g/mol. The Morgan fingerprint density at radius 3 is 2.65 bits per heavy atom. The summed E-state index contributed by atoms with van der Waals surface area (Å²) in [5.74, 6) is 1.18. The monoisotopic (exact) mass is 365 g/mol. The first kappa shape index (κ1) is 16.8. The lowest BCUT2D eigenvalue weighted by Crippen LogP contribution is -2.38. The van der Waals surface area contributed by atoms with Crippen LogP contribution in [0.5, 0.6) is 0 Å². The van der Waals surface area contributed by atoms with Crippen LogP contribution in [0.2, 0.25) is 0 Å². The number of hydrogen-bond donors (Lipinski definition) is 0. The summed E-state index contributed by atoms with van der Waals surface area (Å²) in [6.07, 6.45) is 8.93. The van der Waals surface area contributed by atoms with E-state index in [0.29, 0.717) is 11.5 Å². The minimum absolute atomic E-state index is 0.0745. The molecule has 0 N–H and O–H groups in total. The Morgan fingerprint density at radius 1 is 1.19 bits per heavy atom. The molecule has 0 radical (unpaired) electrons. The average Bonchev–Trinajstić information content (AvgIpc) is 3.23. The zero-order valence-corrected chi connectivity index (χ0v) is 15.3. The molecule has 0 unspecified atom stereocenters. The van der Waals surface area contributed by atoms with Crippen molar-refractivity contribution in [2.75, 3.05) is 13.1 Å². The van der Waals surface area contributed by atoms with Crippen LogP contribution in [-0.4, -0.2) is 43.2 Å². The highest BCUT2D eigenvalue weighted by Gasteiger charge is 2.27. The van der Waals surface area contributed by atoms with Gasteiger partial charge in [0.15, 0.2) is 0 Å². The molecule has 0 saturated carbocycles. The first-order valence-electron chi connectivity index (χ1n) is 8.65. The zero-order valence-electron chi connectivity index (χ0n) is 14.5. The number of aryl methyl sites for hydroxylation is 1. The van der Waals surface area contributed by atoms with Gasteiger partial charge in [0.25, 0.3) is 5.91 Å². The van der Waals surface area contributed by atoms with Gasteiger partial charge in [-0.25, -0.2) is 14.3 Å². The standard InChI is InChI=1S/C19H19N5OS/c1-13-21-11-17(14-2-6-20-7-3-14)18(23-13)15-4-8-24(9-5-15)19(25)16-10-22-26-12-16/h2-3,6-7,10-12,15H,4-5,8-9H2,1H3. The molecule has 0 aliphatic carbocycles. The van der Waals surface area contributed by atoms with E-state index in [9.17, 15) is 4.79 Å². The van der Waals surface area contributed by atoms with Crippen molar-refractivity contribution >= 4 is 17.4 Å². The van der Waals surface area contributed by atoms with Gasteiger partial charge in [-0.2, -0.15) is 0 Å². The molecular formula is C19H19N5OS. The first-order valence-corrected chi connectivity index (χ1v) is 9.48. The maximum absolute atomic E-state index is 12.5. The Kier molecular flexibility index (Phi) is 4.71. The van der Waals surface area contributed by atoms with Crippen LogP contribution < -0.4 is 0 Å². The highest BCUT2D eigenvalue weighted by atomic mass is 32.1. The van der Waals surface area contributed by atoms with Gasteiger partial charge in [-0.1, -0.05) is 0 Å². The van der Waals surface area contributed by atoms with Crippen molar-refractivity contribution in [3.05, 3.63) is 59.4 Å². The van der Waals surface area contributed by atoms with E-state index < -0.39 is 0 Å². The predicted molar refractivity (Wildman–Crippen MR) is 100.0 cm³/mol. The van der Waals surface area contributed by atoms with E-state index in [0.717, 1.165) is 48.6 Å². The SMILES string of the molecule is Cc1ncc(-c2ccncc2)c(C2CCN(C(=O)c3cnsc3)CC2)n1. The Balaban J connectivity index is 1.54. The fraction of sp³-hybridized carbons (Fsp3) is 0.316. The van der Waals surface area contributed by atoms with Crippen molar-refractivity contribution in [2.24, 2.45) is 0 Å². The van der Waals surface area contributed by atoms with Gasteiger partial charge in [-0.3, -0.25) is 9.78 Å². The van der Waals surface area contributed by atoms with Crippen LogP contribution in [0.15, 0.2) is 42.3 Å². The number of aromatic nitrogens is 4. The number of hydrogen-bond acceptors (Lipinski definition) is 6. The van der Waals surface area contributed by atoms with Crippen molar-refractivity contribution in [3.63, 3.8) is 0 Å². The molecule has 0 spiro atoms. The maximum atomic E-state index is 12.5. The summed E-state index contributed by atoms with van der Waals surface area (Å²) in [4.78, 5) is 27.7. The fourth-order valence-corrected chi connectivity index (χ4v) is 3.91. The van der Waals surface area contributed by atoms with Gasteiger partial charge >= 0.3 is 0 Å². The lowest BCUT2D eigenvalue weighted by atomic mass is 9.89. The normalized spacial score (nSPS) is 15.2. The number of carbonyl (C=O) groups is 1. The van der Waals surface area contributed by atoms with Crippen molar-refractivity contribution in [1.82, 2.24) is 24.2 Å². The molecule has 1 amide bonds. The van der Waals surface area contributed by atoms with Crippen LogP contribution in [0.3, 0.4) is 0 Å².